The van der Waals surface area contributed by atoms with Crippen LogP contribution in [0.25, 0.3) is 0 Å². The molecule has 172 valence electrons. The Kier molecular flexibility index (Phi) is 13.3. The number of hydrogen-bond acceptors (Lipinski definition) is 6. The largest absolute Gasteiger partial charge is 0.493 e. The summed E-state index contributed by atoms with van der Waals surface area (Å²) < 4.78 is 16.4. The number of methoxy groups -OCH3 is 3. The maximum Gasteiger partial charge on any atom is 0.203 e. The van der Waals surface area contributed by atoms with E-state index in [1.807, 2.05) is 30.9 Å². The van der Waals surface area contributed by atoms with Gasteiger partial charge in [0.1, 0.15) is 0 Å². The second kappa shape index (κ2) is 14.9. The zero-order valence-electron chi connectivity index (χ0n) is 18.9. The molecular weight excluding hydrogens is 515 g/mol. The number of nitrogens with zero attached hydrogens (tertiary/aromatic N) is 3. The number of piperazine rings is 1. The predicted molar refractivity (Wildman–Crippen MR) is 137 cm³/mol. The highest BCUT2D eigenvalue weighted by Crippen LogP contribution is 2.38. The van der Waals surface area contributed by atoms with Crippen molar-refractivity contribution in [1.29, 1.82) is 0 Å². The van der Waals surface area contributed by atoms with Crippen molar-refractivity contribution in [2.24, 2.45) is 4.99 Å². The van der Waals surface area contributed by atoms with Gasteiger partial charge in [-0.15, -0.1) is 24.0 Å². The van der Waals surface area contributed by atoms with Gasteiger partial charge < -0.3 is 24.4 Å². The summed E-state index contributed by atoms with van der Waals surface area (Å²) in [4.78, 5) is 9.26. The predicted octanol–water partition coefficient (Wildman–Crippen LogP) is 3.17. The Morgan fingerprint density at radius 3 is 2.17 bits per heavy atom. The Morgan fingerprint density at radius 1 is 1.03 bits per heavy atom. The fraction of sp³-hybridized carbons (Fsp3) is 0.667. The Hall–Kier alpha value is -1.07. The minimum absolute atomic E-state index is 0. The van der Waals surface area contributed by atoms with Gasteiger partial charge in [0.05, 0.1) is 21.3 Å². The number of unbranched alkanes of at least 4 members (excludes halogenated alkanes) is 1. The summed E-state index contributed by atoms with van der Waals surface area (Å²) in [5.41, 5.74) is 1.16. The lowest BCUT2D eigenvalue weighted by molar-refractivity contribution is 0.172. The lowest BCUT2D eigenvalue weighted by Crippen LogP contribution is -2.52. The third kappa shape index (κ3) is 7.88. The molecule has 1 aromatic carbocycles. The average Bonchev–Trinajstić information content (AvgIpc) is 2.76. The van der Waals surface area contributed by atoms with E-state index >= 15 is 0 Å². The zero-order chi connectivity index (χ0) is 21.1. The molecule has 2 rings (SSSR count). The van der Waals surface area contributed by atoms with Gasteiger partial charge in [-0.05, 0) is 42.5 Å². The van der Waals surface area contributed by atoms with E-state index in [4.69, 9.17) is 14.2 Å². The highest BCUT2D eigenvalue weighted by atomic mass is 127. The van der Waals surface area contributed by atoms with Gasteiger partial charge in [-0.1, -0.05) is 0 Å². The number of benzene rings is 1. The number of ether oxygens (including phenoxy) is 3. The standard InChI is InChI=1S/C21H36N4O3S.HI/c1-22-21(23-8-6-7-13-29-5)25-11-9-24(10-12-25)16-17-14-18(26-2)20(28-4)19(15-17)27-3;/h14-15H,6-13,16H2,1-5H3,(H,22,23);1H. The molecule has 1 aromatic rings. The van der Waals surface area contributed by atoms with Gasteiger partial charge in [0.15, 0.2) is 17.5 Å². The summed E-state index contributed by atoms with van der Waals surface area (Å²) in [7, 11) is 6.80. The Morgan fingerprint density at radius 2 is 1.67 bits per heavy atom. The van der Waals surface area contributed by atoms with E-state index < -0.39 is 0 Å². The molecule has 1 N–H and O–H groups in total. The Bertz CT molecular complexity index is 630. The van der Waals surface area contributed by atoms with Crippen LogP contribution in [0, 0.1) is 0 Å². The van der Waals surface area contributed by atoms with Crippen molar-refractivity contribution in [3.63, 3.8) is 0 Å². The first-order valence-electron chi connectivity index (χ1n) is 10.1. The van der Waals surface area contributed by atoms with Crippen LogP contribution in [0.4, 0.5) is 0 Å². The fourth-order valence-electron chi connectivity index (χ4n) is 3.51. The van der Waals surface area contributed by atoms with Gasteiger partial charge in [0.25, 0.3) is 0 Å². The number of hydrogen-bond donors (Lipinski definition) is 1. The maximum atomic E-state index is 5.48. The van der Waals surface area contributed by atoms with Gasteiger partial charge in [0, 0.05) is 46.3 Å². The SMILES string of the molecule is CN=C(NCCCCSC)N1CCN(Cc2cc(OC)c(OC)c(OC)c2)CC1.I. The molecule has 0 radical (unpaired) electrons. The molecule has 7 nitrogen and oxygen atoms in total. The van der Waals surface area contributed by atoms with Crippen molar-refractivity contribution in [2.75, 3.05) is 73.1 Å². The highest BCUT2D eigenvalue weighted by molar-refractivity contribution is 14.0. The molecule has 0 atom stereocenters. The number of nitrogens with one attached hydrogen (secondary N) is 1. The molecule has 1 aliphatic rings. The average molecular weight is 553 g/mol. The van der Waals surface area contributed by atoms with Gasteiger partial charge in [0.2, 0.25) is 5.75 Å². The minimum Gasteiger partial charge on any atom is -0.493 e. The molecule has 1 heterocycles. The second-order valence-corrected chi connectivity index (χ2v) is 7.96. The van der Waals surface area contributed by atoms with Crippen LogP contribution in [0.1, 0.15) is 18.4 Å². The van der Waals surface area contributed by atoms with Gasteiger partial charge >= 0.3 is 0 Å². The molecule has 1 aliphatic heterocycles. The van der Waals surface area contributed by atoms with E-state index in [2.05, 4.69) is 26.4 Å². The molecule has 0 unspecified atom stereocenters. The third-order valence-electron chi connectivity index (χ3n) is 5.07. The second-order valence-electron chi connectivity index (χ2n) is 6.97. The molecule has 0 aliphatic carbocycles. The number of guanidine groups is 1. The van der Waals surface area contributed by atoms with Crippen LogP contribution < -0.4 is 19.5 Å². The van der Waals surface area contributed by atoms with Crippen molar-refractivity contribution in [2.45, 2.75) is 19.4 Å². The molecule has 9 heteroatoms. The summed E-state index contributed by atoms with van der Waals surface area (Å²) in [6.07, 6.45) is 4.58. The van der Waals surface area contributed by atoms with E-state index in [1.54, 1.807) is 21.3 Å². The Balaban J connectivity index is 0.00000450. The van der Waals surface area contributed by atoms with Crippen LogP contribution in [0.2, 0.25) is 0 Å². The summed E-state index contributed by atoms with van der Waals surface area (Å²) in [5, 5.41) is 3.51. The summed E-state index contributed by atoms with van der Waals surface area (Å²) in [6, 6.07) is 4.06. The third-order valence-corrected chi connectivity index (χ3v) is 5.77. The first-order chi connectivity index (χ1) is 14.2. The molecular formula is C21H37IN4O3S. The zero-order valence-corrected chi connectivity index (χ0v) is 22.0. The molecule has 1 saturated heterocycles. The highest BCUT2D eigenvalue weighted by Gasteiger charge is 2.21. The van der Waals surface area contributed by atoms with E-state index in [1.165, 1.54) is 18.6 Å². The first kappa shape index (κ1) is 27.0. The molecule has 0 amide bonds. The van der Waals surface area contributed by atoms with Gasteiger partial charge in [-0.3, -0.25) is 9.89 Å². The molecule has 0 spiro atoms. The van der Waals surface area contributed by atoms with Crippen molar-refractivity contribution in [3.8, 4) is 17.2 Å². The van der Waals surface area contributed by atoms with E-state index in [0.29, 0.717) is 17.2 Å². The van der Waals surface area contributed by atoms with Crippen molar-refractivity contribution < 1.29 is 14.2 Å². The molecule has 0 aromatic heterocycles. The number of halogens is 1. The van der Waals surface area contributed by atoms with Crippen LogP contribution >= 0.6 is 35.7 Å². The smallest absolute Gasteiger partial charge is 0.203 e. The quantitative estimate of drug-likeness (QED) is 0.207. The number of thioether (sulfide) groups is 1. The summed E-state index contributed by atoms with van der Waals surface area (Å²) in [5.74, 6) is 4.27. The van der Waals surface area contributed by atoms with Crippen LogP contribution in [0.15, 0.2) is 17.1 Å². The Labute approximate surface area is 202 Å². The first-order valence-corrected chi connectivity index (χ1v) is 11.5. The van der Waals surface area contributed by atoms with E-state index in [-0.39, 0.29) is 24.0 Å². The number of aliphatic imine (C=N–C) groups is 1. The van der Waals surface area contributed by atoms with Crippen molar-refractivity contribution >= 4 is 41.7 Å². The normalized spacial score (nSPS) is 14.8. The lowest BCUT2D eigenvalue weighted by atomic mass is 10.1. The lowest BCUT2D eigenvalue weighted by Gasteiger charge is -2.36. The molecule has 1 fully saturated rings. The topological polar surface area (TPSA) is 58.6 Å². The van der Waals surface area contributed by atoms with Crippen molar-refractivity contribution in [3.05, 3.63) is 17.7 Å². The summed E-state index contributed by atoms with van der Waals surface area (Å²) >= 11 is 1.90. The van der Waals surface area contributed by atoms with Crippen LogP contribution in [-0.4, -0.2) is 88.9 Å². The van der Waals surface area contributed by atoms with Crippen LogP contribution in [0.5, 0.6) is 17.2 Å². The molecule has 0 saturated carbocycles. The fourth-order valence-corrected chi connectivity index (χ4v) is 4.00. The monoisotopic (exact) mass is 552 g/mol. The number of rotatable bonds is 10. The molecule has 30 heavy (non-hydrogen) atoms. The maximum absolute atomic E-state index is 5.48. The van der Waals surface area contributed by atoms with Crippen LogP contribution in [-0.2, 0) is 6.54 Å². The van der Waals surface area contributed by atoms with Crippen molar-refractivity contribution in [1.82, 2.24) is 15.1 Å². The van der Waals surface area contributed by atoms with Gasteiger partial charge in [-0.25, -0.2) is 0 Å². The van der Waals surface area contributed by atoms with E-state index in [9.17, 15) is 0 Å². The van der Waals surface area contributed by atoms with Gasteiger partial charge in [-0.2, -0.15) is 11.8 Å². The summed E-state index contributed by atoms with van der Waals surface area (Å²) in [6.45, 7) is 5.75. The van der Waals surface area contributed by atoms with E-state index in [0.717, 1.165) is 50.8 Å². The minimum atomic E-state index is 0. The molecule has 0 bridgehead atoms. The van der Waals surface area contributed by atoms with Crippen LogP contribution in [0.3, 0.4) is 0 Å².